The molecule has 1 aliphatic heterocycles. The molecular formula is C28H32FN3O6. The van der Waals surface area contributed by atoms with E-state index in [-0.39, 0.29) is 23.5 Å². The summed E-state index contributed by atoms with van der Waals surface area (Å²) in [5, 5.41) is 21.3. The summed E-state index contributed by atoms with van der Waals surface area (Å²) in [6.45, 7) is 1.96. The van der Waals surface area contributed by atoms with Crippen molar-refractivity contribution < 1.29 is 33.7 Å². The Balaban J connectivity index is 1.72. The smallest absolute Gasteiger partial charge is 0.414 e. The zero-order valence-electron chi connectivity index (χ0n) is 21.7. The lowest BCUT2D eigenvalue weighted by Crippen LogP contribution is -2.42. The Morgan fingerprint density at radius 3 is 2.66 bits per heavy atom. The molecule has 0 bridgehead atoms. The number of methoxy groups -OCH3 is 2. The van der Waals surface area contributed by atoms with Crippen LogP contribution in [0.1, 0.15) is 68.1 Å². The number of fused-ring (bicyclic) bond motifs is 3. The minimum absolute atomic E-state index is 0.0641. The largest absolute Gasteiger partial charge is 0.496 e. The van der Waals surface area contributed by atoms with Gasteiger partial charge >= 0.3 is 12.1 Å². The first-order chi connectivity index (χ1) is 18.2. The Bertz CT molecular complexity index is 1390. The standard InChI is InChI=1S/C28H32FN3O6/c1-15-7-9-19-21(31(15)28(36)38-3)10-11-22-24(19)30-26(25(33)20-14-17(29)8-12-23(20)37-2)32(22)18-6-4-5-16(13-18)27(34)35/h8,10-12,14-16,18,25,33H,4-7,9,13H2,1-3H3,(H,34,35)/t15-,16+,18+,25?/m0/s1. The lowest BCUT2D eigenvalue weighted by atomic mass is 9.85. The molecule has 2 N–H and O–H groups in total. The van der Waals surface area contributed by atoms with Gasteiger partial charge in [0.05, 0.1) is 36.9 Å². The molecule has 4 atom stereocenters. The van der Waals surface area contributed by atoms with Crippen LogP contribution in [0.5, 0.6) is 5.75 Å². The number of carboxylic acids is 1. The van der Waals surface area contributed by atoms with Crippen LogP contribution in [0.15, 0.2) is 30.3 Å². The minimum atomic E-state index is -1.33. The van der Waals surface area contributed by atoms with Gasteiger partial charge in [-0.3, -0.25) is 9.69 Å². The van der Waals surface area contributed by atoms with Crippen LogP contribution in [-0.4, -0.2) is 52.1 Å². The second kappa shape index (κ2) is 10.2. The van der Waals surface area contributed by atoms with Crippen LogP contribution in [0.25, 0.3) is 11.0 Å². The fourth-order valence-corrected chi connectivity index (χ4v) is 6.05. The van der Waals surface area contributed by atoms with Gasteiger partial charge in [-0.25, -0.2) is 14.2 Å². The number of aryl methyl sites for hydroxylation is 1. The number of aromatic nitrogens is 2. The Labute approximate surface area is 219 Å². The number of aliphatic hydroxyl groups excluding tert-OH is 1. The van der Waals surface area contributed by atoms with Crippen LogP contribution in [0, 0.1) is 11.7 Å². The van der Waals surface area contributed by atoms with E-state index in [2.05, 4.69) is 0 Å². The number of hydrogen-bond acceptors (Lipinski definition) is 6. The maximum absolute atomic E-state index is 14.3. The van der Waals surface area contributed by atoms with E-state index in [4.69, 9.17) is 14.5 Å². The summed E-state index contributed by atoms with van der Waals surface area (Å²) in [4.78, 5) is 31.0. The van der Waals surface area contributed by atoms with Crippen molar-refractivity contribution in [2.45, 2.75) is 63.6 Å². The number of rotatable bonds is 5. The summed E-state index contributed by atoms with van der Waals surface area (Å²) in [5.74, 6) is -1.26. The van der Waals surface area contributed by atoms with Crippen LogP contribution in [0.2, 0.25) is 0 Å². The molecule has 1 aliphatic carbocycles. The van der Waals surface area contributed by atoms with Crippen molar-refractivity contribution in [3.05, 3.63) is 53.1 Å². The highest BCUT2D eigenvalue weighted by Crippen LogP contribution is 2.43. The number of carboxylic acid groups (broad SMARTS) is 1. The van der Waals surface area contributed by atoms with Crippen LogP contribution >= 0.6 is 0 Å². The van der Waals surface area contributed by atoms with Gasteiger partial charge in [-0.15, -0.1) is 0 Å². The van der Waals surface area contributed by atoms with Crippen molar-refractivity contribution in [2.75, 3.05) is 19.1 Å². The van der Waals surface area contributed by atoms with Gasteiger partial charge in [-0.05, 0) is 69.4 Å². The number of carbonyl (C=O) groups excluding carboxylic acids is 1. The normalized spacial score (nSPS) is 22.1. The Morgan fingerprint density at radius 2 is 1.95 bits per heavy atom. The molecule has 0 radical (unpaired) electrons. The molecule has 9 nitrogen and oxygen atoms in total. The van der Waals surface area contributed by atoms with Gasteiger partial charge < -0.3 is 24.3 Å². The first-order valence-corrected chi connectivity index (χ1v) is 12.9. The molecule has 3 aromatic rings. The van der Waals surface area contributed by atoms with E-state index in [0.717, 1.165) is 23.9 Å². The van der Waals surface area contributed by atoms with Gasteiger partial charge in [0.15, 0.2) is 0 Å². The summed E-state index contributed by atoms with van der Waals surface area (Å²) in [6, 6.07) is 7.37. The zero-order valence-corrected chi connectivity index (χ0v) is 21.7. The minimum Gasteiger partial charge on any atom is -0.496 e. The number of benzene rings is 2. The maximum Gasteiger partial charge on any atom is 0.414 e. The van der Waals surface area contributed by atoms with E-state index in [9.17, 15) is 24.2 Å². The van der Waals surface area contributed by atoms with E-state index in [1.54, 1.807) is 4.90 Å². The molecule has 5 rings (SSSR count). The molecule has 2 heterocycles. The lowest BCUT2D eigenvalue weighted by Gasteiger charge is -2.34. The Morgan fingerprint density at radius 1 is 1.16 bits per heavy atom. The number of hydrogen-bond donors (Lipinski definition) is 2. The third-order valence-electron chi connectivity index (χ3n) is 7.94. The summed E-state index contributed by atoms with van der Waals surface area (Å²) in [6.07, 6.45) is 2.01. The fourth-order valence-electron chi connectivity index (χ4n) is 6.05. The van der Waals surface area contributed by atoms with Crippen molar-refractivity contribution in [3.63, 3.8) is 0 Å². The van der Waals surface area contributed by atoms with Gasteiger partial charge in [-0.2, -0.15) is 0 Å². The molecule has 1 unspecified atom stereocenters. The van der Waals surface area contributed by atoms with E-state index >= 15 is 0 Å². The van der Waals surface area contributed by atoms with Gasteiger partial charge in [0.2, 0.25) is 0 Å². The van der Waals surface area contributed by atoms with Crippen molar-refractivity contribution >= 4 is 28.8 Å². The predicted molar refractivity (Wildman–Crippen MR) is 138 cm³/mol. The molecule has 2 aromatic carbocycles. The fraction of sp³-hybridized carbons (Fsp3) is 0.464. The lowest BCUT2D eigenvalue weighted by molar-refractivity contribution is -0.143. The first-order valence-electron chi connectivity index (χ1n) is 12.9. The first kappa shape index (κ1) is 26.0. The van der Waals surface area contributed by atoms with Gasteiger partial charge in [-0.1, -0.05) is 6.42 Å². The highest BCUT2D eigenvalue weighted by Gasteiger charge is 2.36. The molecule has 202 valence electrons. The monoisotopic (exact) mass is 525 g/mol. The molecule has 38 heavy (non-hydrogen) atoms. The summed E-state index contributed by atoms with van der Waals surface area (Å²) in [5.41, 5.74) is 3.15. The third kappa shape index (κ3) is 4.36. The number of aliphatic hydroxyl groups is 1. The van der Waals surface area contributed by atoms with Crippen molar-refractivity contribution in [1.29, 1.82) is 0 Å². The number of carbonyl (C=O) groups is 2. The predicted octanol–water partition coefficient (Wildman–Crippen LogP) is 4.99. The summed E-state index contributed by atoms with van der Waals surface area (Å²) >= 11 is 0. The van der Waals surface area contributed by atoms with Crippen LogP contribution in [-0.2, 0) is 16.0 Å². The molecule has 0 saturated heterocycles. The summed E-state index contributed by atoms with van der Waals surface area (Å²) < 4.78 is 26.6. The number of halogens is 1. The van der Waals surface area contributed by atoms with E-state index in [0.29, 0.717) is 42.6 Å². The topological polar surface area (TPSA) is 114 Å². The second-order valence-corrected chi connectivity index (χ2v) is 10.1. The molecule has 1 amide bonds. The number of anilines is 1. The zero-order chi connectivity index (χ0) is 27.1. The molecule has 10 heteroatoms. The highest BCUT2D eigenvalue weighted by atomic mass is 19.1. The third-order valence-corrected chi connectivity index (χ3v) is 7.94. The average Bonchev–Trinajstić information content (AvgIpc) is 3.32. The van der Waals surface area contributed by atoms with E-state index in [1.807, 2.05) is 23.6 Å². The molecule has 1 fully saturated rings. The number of imidazole rings is 1. The Kier molecular flexibility index (Phi) is 7.00. The SMILES string of the molecule is COC(=O)N1c2ccc3c(nc(C(O)c4cc(F)ccc4OC)n3[C@@H]3CCC[C@@H](C(=O)O)C3)c2CC[C@@H]1C. The van der Waals surface area contributed by atoms with E-state index < -0.39 is 29.9 Å². The second-order valence-electron chi connectivity index (χ2n) is 10.1. The number of nitrogens with zero attached hydrogens (tertiary/aromatic N) is 3. The molecular weight excluding hydrogens is 493 g/mol. The van der Waals surface area contributed by atoms with Gasteiger partial charge in [0, 0.05) is 23.2 Å². The molecule has 1 saturated carbocycles. The number of aliphatic carboxylic acids is 1. The highest BCUT2D eigenvalue weighted by molar-refractivity contribution is 5.95. The van der Waals surface area contributed by atoms with Crippen molar-refractivity contribution in [3.8, 4) is 5.75 Å². The number of ether oxygens (including phenoxy) is 2. The molecule has 0 spiro atoms. The van der Waals surface area contributed by atoms with Crippen molar-refractivity contribution in [2.24, 2.45) is 5.92 Å². The average molecular weight is 526 g/mol. The van der Waals surface area contributed by atoms with Gasteiger partial charge in [0.25, 0.3) is 0 Å². The van der Waals surface area contributed by atoms with Gasteiger partial charge in [0.1, 0.15) is 23.5 Å². The van der Waals surface area contributed by atoms with E-state index in [1.165, 1.54) is 32.4 Å². The van der Waals surface area contributed by atoms with Crippen LogP contribution in [0.4, 0.5) is 14.9 Å². The van der Waals surface area contributed by atoms with Crippen LogP contribution in [0.3, 0.4) is 0 Å². The number of amides is 1. The van der Waals surface area contributed by atoms with Crippen molar-refractivity contribution in [1.82, 2.24) is 9.55 Å². The molecule has 1 aromatic heterocycles. The molecule has 2 aliphatic rings. The summed E-state index contributed by atoms with van der Waals surface area (Å²) in [7, 11) is 2.79. The maximum atomic E-state index is 14.3. The quantitative estimate of drug-likeness (QED) is 0.482. The Hall–Kier alpha value is -3.66. The van der Waals surface area contributed by atoms with Crippen LogP contribution < -0.4 is 9.64 Å².